The predicted molar refractivity (Wildman–Crippen MR) is 68.5 cm³/mol. The average Bonchev–Trinajstić information content (AvgIpc) is 2.39. The molecule has 3 heteroatoms. The number of aryl methyl sites for hydroxylation is 1. The monoisotopic (exact) mass is 227 g/mol. The summed E-state index contributed by atoms with van der Waals surface area (Å²) in [6.45, 7) is 2.63. The van der Waals surface area contributed by atoms with Crippen LogP contribution in [-0.4, -0.2) is 9.97 Å². The minimum Gasteiger partial charge on any atom is -0.325 e. The van der Waals surface area contributed by atoms with Gasteiger partial charge < -0.3 is 5.73 Å². The molecule has 2 N–H and O–H groups in total. The summed E-state index contributed by atoms with van der Waals surface area (Å²) in [7, 11) is 0. The second-order valence-electron chi connectivity index (χ2n) is 4.06. The summed E-state index contributed by atoms with van der Waals surface area (Å²) >= 11 is 0. The zero-order valence-electron chi connectivity index (χ0n) is 10.1. The minimum atomic E-state index is 0.463. The molecule has 0 saturated carbocycles. The van der Waals surface area contributed by atoms with Crippen molar-refractivity contribution in [3.05, 3.63) is 59.2 Å². The van der Waals surface area contributed by atoms with Crippen molar-refractivity contribution in [2.24, 2.45) is 5.73 Å². The lowest BCUT2D eigenvalue weighted by molar-refractivity contribution is 0.927. The summed E-state index contributed by atoms with van der Waals surface area (Å²) in [5.41, 5.74) is 10.1. The van der Waals surface area contributed by atoms with E-state index < -0.39 is 0 Å². The maximum atomic E-state index is 5.57. The second-order valence-corrected chi connectivity index (χ2v) is 4.06. The first-order valence-electron chi connectivity index (χ1n) is 5.89. The SMILES string of the molecule is CCc1cccc(Cc2cc(CN)ncn2)c1. The third-order valence-electron chi connectivity index (χ3n) is 2.77. The first kappa shape index (κ1) is 11.7. The van der Waals surface area contributed by atoms with Gasteiger partial charge in [-0.1, -0.05) is 31.2 Å². The molecule has 3 nitrogen and oxygen atoms in total. The van der Waals surface area contributed by atoms with Crippen LogP contribution in [0.2, 0.25) is 0 Å². The molecule has 2 aromatic rings. The number of aromatic nitrogens is 2. The molecule has 0 saturated heterocycles. The summed E-state index contributed by atoms with van der Waals surface area (Å²) in [6, 6.07) is 10.6. The van der Waals surface area contributed by atoms with Crippen molar-refractivity contribution >= 4 is 0 Å². The van der Waals surface area contributed by atoms with Crippen molar-refractivity contribution in [2.75, 3.05) is 0 Å². The smallest absolute Gasteiger partial charge is 0.115 e. The number of benzene rings is 1. The van der Waals surface area contributed by atoms with E-state index in [1.165, 1.54) is 11.1 Å². The highest BCUT2D eigenvalue weighted by molar-refractivity contribution is 5.27. The van der Waals surface area contributed by atoms with Gasteiger partial charge in [0.15, 0.2) is 0 Å². The van der Waals surface area contributed by atoms with Gasteiger partial charge >= 0.3 is 0 Å². The Labute approximate surface area is 102 Å². The molecule has 0 aliphatic heterocycles. The van der Waals surface area contributed by atoms with E-state index in [1.54, 1.807) is 6.33 Å². The predicted octanol–water partition coefficient (Wildman–Crippen LogP) is 2.09. The summed E-state index contributed by atoms with van der Waals surface area (Å²) in [4.78, 5) is 8.37. The Morgan fingerprint density at radius 2 is 1.82 bits per heavy atom. The Morgan fingerprint density at radius 3 is 2.59 bits per heavy atom. The molecule has 0 radical (unpaired) electrons. The van der Waals surface area contributed by atoms with Crippen molar-refractivity contribution < 1.29 is 0 Å². The standard InChI is InChI=1S/C14H17N3/c1-2-11-4-3-5-12(6-11)7-13-8-14(9-15)17-10-16-13/h3-6,8,10H,2,7,9,15H2,1H3. The van der Waals surface area contributed by atoms with Crippen molar-refractivity contribution in [1.29, 1.82) is 0 Å². The molecule has 0 bridgehead atoms. The maximum absolute atomic E-state index is 5.57. The molecular formula is C14H17N3. The van der Waals surface area contributed by atoms with Crippen molar-refractivity contribution in [3.8, 4) is 0 Å². The van der Waals surface area contributed by atoms with Gasteiger partial charge in [-0.05, 0) is 23.6 Å². The lowest BCUT2D eigenvalue weighted by Crippen LogP contribution is -2.02. The molecule has 17 heavy (non-hydrogen) atoms. The fraction of sp³-hybridized carbons (Fsp3) is 0.286. The van der Waals surface area contributed by atoms with E-state index in [9.17, 15) is 0 Å². The zero-order valence-corrected chi connectivity index (χ0v) is 10.1. The van der Waals surface area contributed by atoms with E-state index in [4.69, 9.17) is 5.73 Å². The van der Waals surface area contributed by atoms with Crippen LogP contribution < -0.4 is 5.73 Å². The molecule has 0 atom stereocenters. The van der Waals surface area contributed by atoms with Gasteiger partial charge in [0.25, 0.3) is 0 Å². The third kappa shape index (κ3) is 3.11. The molecule has 88 valence electrons. The van der Waals surface area contributed by atoms with Crippen LogP contribution in [0.1, 0.15) is 29.4 Å². The summed E-state index contributed by atoms with van der Waals surface area (Å²) in [5, 5.41) is 0. The zero-order chi connectivity index (χ0) is 12.1. The Kier molecular flexibility index (Phi) is 3.83. The third-order valence-corrected chi connectivity index (χ3v) is 2.77. The fourth-order valence-electron chi connectivity index (χ4n) is 1.82. The topological polar surface area (TPSA) is 51.8 Å². The molecular weight excluding hydrogens is 210 g/mol. The van der Waals surface area contributed by atoms with Crippen LogP contribution in [0, 0.1) is 0 Å². The number of hydrogen-bond acceptors (Lipinski definition) is 3. The molecule has 0 unspecified atom stereocenters. The quantitative estimate of drug-likeness (QED) is 0.870. The molecule has 0 fully saturated rings. The van der Waals surface area contributed by atoms with Gasteiger partial charge in [-0.3, -0.25) is 0 Å². The van der Waals surface area contributed by atoms with Gasteiger partial charge in [0.05, 0.1) is 5.69 Å². The highest BCUT2D eigenvalue weighted by atomic mass is 14.8. The molecule has 0 amide bonds. The number of rotatable bonds is 4. The van der Waals surface area contributed by atoms with Gasteiger partial charge in [0.2, 0.25) is 0 Å². The lowest BCUT2D eigenvalue weighted by atomic mass is 10.0. The molecule has 0 aliphatic rings. The average molecular weight is 227 g/mol. The van der Waals surface area contributed by atoms with Gasteiger partial charge in [0.1, 0.15) is 6.33 Å². The van der Waals surface area contributed by atoms with Crippen LogP contribution >= 0.6 is 0 Å². The molecule has 0 spiro atoms. The first-order chi connectivity index (χ1) is 8.31. The number of nitrogens with zero attached hydrogens (tertiary/aromatic N) is 2. The normalized spacial score (nSPS) is 10.5. The Morgan fingerprint density at radius 1 is 1.06 bits per heavy atom. The summed E-state index contributed by atoms with van der Waals surface area (Å²) in [5.74, 6) is 0. The van der Waals surface area contributed by atoms with Crippen LogP contribution in [-0.2, 0) is 19.4 Å². The van der Waals surface area contributed by atoms with E-state index in [0.717, 1.165) is 24.2 Å². The van der Waals surface area contributed by atoms with Crippen LogP contribution in [0.15, 0.2) is 36.7 Å². The highest BCUT2D eigenvalue weighted by Gasteiger charge is 2.00. The largest absolute Gasteiger partial charge is 0.325 e. The Balaban J connectivity index is 2.18. The first-order valence-corrected chi connectivity index (χ1v) is 5.89. The van der Waals surface area contributed by atoms with Gasteiger partial charge in [-0.15, -0.1) is 0 Å². The number of nitrogens with two attached hydrogens (primary N) is 1. The van der Waals surface area contributed by atoms with E-state index in [2.05, 4.69) is 41.2 Å². The lowest BCUT2D eigenvalue weighted by Gasteiger charge is -2.04. The fourth-order valence-corrected chi connectivity index (χ4v) is 1.82. The van der Waals surface area contributed by atoms with E-state index in [0.29, 0.717) is 6.54 Å². The van der Waals surface area contributed by atoms with E-state index >= 15 is 0 Å². The van der Waals surface area contributed by atoms with Crippen LogP contribution in [0.25, 0.3) is 0 Å². The van der Waals surface area contributed by atoms with Crippen LogP contribution in [0.3, 0.4) is 0 Å². The summed E-state index contributed by atoms with van der Waals surface area (Å²) < 4.78 is 0. The molecule has 1 heterocycles. The van der Waals surface area contributed by atoms with E-state index in [-0.39, 0.29) is 0 Å². The molecule has 2 rings (SSSR count). The van der Waals surface area contributed by atoms with Gasteiger partial charge in [-0.25, -0.2) is 9.97 Å². The molecule has 1 aromatic heterocycles. The molecule has 0 aliphatic carbocycles. The minimum absolute atomic E-state index is 0.463. The Hall–Kier alpha value is -1.74. The Bertz CT molecular complexity index is 449. The van der Waals surface area contributed by atoms with Crippen molar-refractivity contribution in [2.45, 2.75) is 26.3 Å². The molecule has 1 aromatic carbocycles. The van der Waals surface area contributed by atoms with Gasteiger partial charge in [0, 0.05) is 18.7 Å². The summed E-state index contributed by atoms with van der Waals surface area (Å²) in [6.07, 6.45) is 3.48. The maximum Gasteiger partial charge on any atom is 0.115 e. The highest BCUT2D eigenvalue weighted by Crippen LogP contribution is 2.10. The van der Waals surface area contributed by atoms with Crippen LogP contribution in [0.4, 0.5) is 0 Å². The van der Waals surface area contributed by atoms with Crippen molar-refractivity contribution in [1.82, 2.24) is 9.97 Å². The second kappa shape index (κ2) is 5.55. The van der Waals surface area contributed by atoms with Crippen molar-refractivity contribution in [3.63, 3.8) is 0 Å². The van der Waals surface area contributed by atoms with Crippen LogP contribution in [0.5, 0.6) is 0 Å². The van der Waals surface area contributed by atoms with Gasteiger partial charge in [-0.2, -0.15) is 0 Å². The number of hydrogen-bond donors (Lipinski definition) is 1. The van der Waals surface area contributed by atoms with E-state index in [1.807, 2.05) is 6.07 Å².